The topological polar surface area (TPSA) is 95.6 Å². The van der Waals surface area contributed by atoms with E-state index in [2.05, 4.69) is 31.4 Å². The quantitative estimate of drug-likeness (QED) is 0.364. The molecule has 3 aromatic rings. The third kappa shape index (κ3) is 6.66. The summed E-state index contributed by atoms with van der Waals surface area (Å²) in [6, 6.07) is 18.6. The second-order valence-electron chi connectivity index (χ2n) is 10.3. The molecule has 216 valence electrons. The van der Waals surface area contributed by atoms with E-state index in [4.69, 9.17) is 14.2 Å². The summed E-state index contributed by atoms with van der Waals surface area (Å²) >= 11 is 0. The summed E-state index contributed by atoms with van der Waals surface area (Å²) < 4.78 is 16.3. The van der Waals surface area contributed by atoms with E-state index in [0.717, 1.165) is 56.3 Å². The number of carbonyl (C=O) groups excluding carboxylic acids is 2. The fraction of sp³-hybridized carbons (Fsp3) is 0.355. The first-order chi connectivity index (χ1) is 19.9. The van der Waals surface area contributed by atoms with Crippen LogP contribution in [0.1, 0.15) is 27.1 Å². The van der Waals surface area contributed by atoms with E-state index in [1.54, 1.807) is 31.4 Å². The van der Waals surface area contributed by atoms with Gasteiger partial charge in [0.15, 0.2) is 11.5 Å². The molecule has 0 unspecified atom stereocenters. The monoisotopic (exact) mass is 559 g/mol. The molecule has 0 aliphatic carbocycles. The summed E-state index contributed by atoms with van der Waals surface area (Å²) in [5.74, 6) is 1.55. The van der Waals surface area contributed by atoms with E-state index >= 15 is 0 Å². The molecule has 2 heterocycles. The molecule has 2 amide bonds. The van der Waals surface area contributed by atoms with E-state index < -0.39 is 0 Å². The van der Waals surface area contributed by atoms with Gasteiger partial charge in [-0.05, 0) is 75.6 Å². The van der Waals surface area contributed by atoms with Crippen molar-refractivity contribution in [2.24, 2.45) is 0 Å². The number of amides is 2. The smallest absolute Gasteiger partial charge is 0.255 e. The lowest BCUT2D eigenvalue weighted by atomic mass is 10.1. The average Bonchev–Trinajstić information content (AvgIpc) is 3.47. The van der Waals surface area contributed by atoms with E-state index in [-0.39, 0.29) is 18.6 Å². The van der Waals surface area contributed by atoms with Crippen LogP contribution in [0.15, 0.2) is 60.7 Å². The van der Waals surface area contributed by atoms with Crippen LogP contribution in [0, 0.1) is 0 Å². The molecule has 1 fully saturated rings. The highest BCUT2D eigenvalue weighted by atomic mass is 16.7. The minimum Gasteiger partial charge on any atom is -0.495 e. The number of piperazine rings is 1. The Balaban J connectivity index is 1.33. The predicted molar refractivity (Wildman–Crippen MR) is 160 cm³/mol. The Morgan fingerprint density at radius 3 is 2.37 bits per heavy atom. The number of nitrogens with zero attached hydrogens (tertiary/aromatic N) is 3. The van der Waals surface area contributed by atoms with E-state index in [9.17, 15) is 9.59 Å². The van der Waals surface area contributed by atoms with Crippen molar-refractivity contribution in [1.29, 1.82) is 0 Å². The van der Waals surface area contributed by atoms with E-state index in [1.165, 1.54) is 0 Å². The summed E-state index contributed by atoms with van der Waals surface area (Å²) in [4.78, 5) is 33.1. The van der Waals surface area contributed by atoms with Crippen LogP contribution in [0.4, 0.5) is 17.1 Å². The fourth-order valence-electron chi connectivity index (χ4n) is 5.08. The molecule has 3 aromatic carbocycles. The Kier molecular flexibility index (Phi) is 8.79. The first-order valence-electron chi connectivity index (χ1n) is 13.8. The van der Waals surface area contributed by atoms with Crippen molar-refractivity contribution >= 4 is 28.9 Å². The zero-order valence-corrected chi connectivity index (χ0v) is 23.8. The van der Waals surface area contributed by atoms with Gasteiger partial charge >= 0.3 is 0 Å². The molecule has 0 aromatic heterocycles. The highest BCUT2D eigenvalue weighted by Crippen LogP contribution is 2.33. The van der Waals surface area contributed by atoms with Crippen LogP contribution in [0.3, 0.4) is 0 Å². The molecule has 10 nitrogen and oxygen atoms in total. The molecule has 10 heteroatoms. The number of rotatable bonds is 10. The van der Waals surface area contributed by atoms with Gasteiger partial charge in [0.2, 0.25) is 6.79 Å². The second kappa shape index (κ2) is 12.8. The highest BCUT2D eigenvalue weighted by Gasteiger charge is 2.24. The number of hydrogen-bond acceptors (Lipinski definition) is 8. The SMILES string of the molecule is COc1ccccc1N1CCN(c2ccc(NC(=O)c3ccc4c(c3)OCO4)cc2C(=O)NCCCN(C)C)CC1. The van der Waals surface area contributed by atoms with Crippen molar-refractivity contribution in [3.63, 3.8) is 0 Å². The molecule has 0 spiro atoms. The summed E-state index contributed by atoms with van der Waals surface area (Å²) in [5, 5.41) is 6.00. The van der Waals surface area contributed by atoms with Gasteiger partial charge in [-0.25, -0.2) is 0 Å². The van der Waals surface area contributed by atoms with Crippen LogP contribution in [-0.2, 0) is 0 Å². The Labute approximate surface area is 240 Å². The first kappa shape index (κ1) is 28.1. The van der Waals surface area contributed by atoms with Crippen LogP contribution in [0.25, 0.3) is 0 Å². The van der Waals surface area contributed by atoms with Crippen molar-refractivity contribution < 1.29 is 23.8 Å². The minimum absolute atomic E-state index is 0.141. The molecule has 0 saturated carbocycles. The zero-order valence-electron chi connectivity index (χ0n) is 23.8. The van der Waals surface area contributed by atoms with E-state index in [0.29, 0.717) is 34.9 Å². The molecule has 0 bridgehead atoms. The largest absolute Gasteiger partial charge is 0.495 e. The van der Waals surface area contributed by atoms with Crippen molar-refractivity contribution in [3.05, 3.63) is 71.8 Å². The fourth-order valence-corrected chi connectivity index (χ4v) is 5.08. The Bertz CT molecular complexity index is 1390. The standard InChI is InChI=1S/C31H37N5O5/c1-34(2)14-6-13-32-31(38)24-20-23(33-30(37)22-9-12-28-29(19-22)41-21-40-28)10-11-25(24)35-15-17-36(18-16-35)26-7-4-5-8-27(26)39-3/h4-5,7-12,19-20H,6,13-18,21H2,1-3H3,(H,32,38)(H,33,37). The van der Waals surface area contributed by atoms with Crippen molar-refractivity contribution in [2.75, 3.05) is 82.4 Å². The molecule has 0 radical (unpaired) electrons. The van der Waals surface area contributed by atoms with Gasteiger partial charge < -0.3 is 39.5 Å². The van der Waals surface area contributed by atoms with Crippen LogP contribution >= 0.6 is 0 Å². The van der Waals surface area contributed by atoms with Gasteiger partial charge in [0, 0.05) is 49.7 Å². The maximum Gasteiger partial charge on any atom is 0.255 e. The Hall–Kier alpha value is -4.44. The maximum absolute atomic E-state index is 13.4. The lowest BCUT2D eigenvalue weighted by Gasteiger charge is -2.38. The number of fused-ring (bicyclic) bond motifs is 1. The van der Waals surface area contributed by atoms with Gasteiger partial charge in [0.05, 0.1) is 18.4 Å². The third-order valence-electron chi connectivity index (χ3n) is 7.25. The van der Waals surface area contributed by atoms with Gasteiger partial charge in [-0.15, -0.1) is 0 Å². The molecule has 1 saturated heterocycles. The zero-order chi connectivity index (χ0) is 28.8. The molecule has 2 aliphatic rings. The van der Waals surface area contributed by atoms with Crippen LogP contribution in [-0.4, -0.2) is 84.0 Å². The average molecular weight is 560 g/mol. The highest BCUT2D eigenvalue weighted by molar-refractivity contribution is 6.06. The first-order valence-corrected chi connectivity index (χ1v) is 13.8. The third-order valence-corrected chi connectivity index (χ3v) is 7.25. The molecule has 0 atom stereocenters. The van der Waals surface area contributed by atoms with Crippen LogP contribution in [0.5, 0.6) is 17.2 Å². The maximum atomic E-state index is 13.4. The normalized spacial score (nSPS) is 14.2. The Morgan fingerprint density at radius 2 is 1.61 bits per heavy atom. The van der Waals surface area contributed by atoms with Crippen molar-refractivity contribution in [3.8, 4) is 17.2 Å². The van der Waals surface area contributed by atoms with Crippen molar-refractivity contribution in [2.45, 2.75) is 6.42 Å². The molecule has 2 N–H and O–H groups in total. The minimum atomic E-state index is -0.293. The Morgan fingerprint density at radius 1 is 0.878 bits per heavy atom. The number of hydrogen-bond donors (Lipinski definition) is 2. The molecular formula is C31H37N5O5. The molecular weight excluding hydrogens is 522 g/mol. The number of benzene rings is 3. The lowest BCUT2D eigenvalue weighted by molar-refractivity contribution is 0.0951. The van der Waals surface area contributed by atoms with Gasteiger partial charge in [0.25, 0.3) is 11.8 Å². The summed E-state index contributed by atoms with van der Waals surface area (Å²) in [6.45, 7) is 4.63. The van der Waals surface area contributed by atoms with Gasteiger partial charge in [-0.1, -0.05) is 12.1 Å². The van der Waals surface area contributed by atoms with E-state index in [1.807, 2.05) is 44.4 Å². The number of anilines is 3. The summed E-state index contributed by atoms with van der Waals surface area (Å²) in [7, 11) is 5.71. The number of nitrogens with one attached hydrogen (secondary N) is 2. The number of methoxy groups -OCH3 is 1. The molecule has 5 rings (SSSR count). The van der Waals surface area contributed by atoms with Crippen LogP contribution in [0.2, 0.25) is 0 Å². The molecule has 2 aliphatic heterocycles. The van der Waals surface area contributed by atoms with Crippen molar-refractivity contribution in [1.82, 2.24) is 10.2 Å². The summed E-state index contributed by atoms with van der Waals surface area (Å²) in [6.07, 6.45) is 0.839. The molecule has 41 heavy (non-hydrogen) atoms. The van der Waals surface area contributed by atoms with Gasteiger partial charge in [0.1, 0.15) is 5.75 Å². The number of para-hydroxylation sites is 2. The number of carbonyl (C=O) groups is 2. The number of ether oxygens (including phenoxy) is 3. The van der Waals surface area contributed by atoms with Gasteiger partial charge in [-0.3, -0.25) is 9.59 Å². The lowest BCUT2D eigenvalue weighted by Crippen LogP contribution is -2.47. The predicted octanol–water partition coefficient (Wildman–Crippen LogP) is 3.68. The second-order valence-corrected chi connectivity index (χ2v) is 10.3. The summed E-state index contributed by atoms with van der Waals surface area (Å²) in [5.41, 5.74) is 3.43. The van der Waals surface area contributed by atoms with Crippen LogP contribution < -0.4 is 34.6 Å². The van der Waals surface area contributed by atoms with Gasteiger partial charge in [-0.2, -0.15) is 0 Å².